The van der Waals surface area contributed by atoms with Crippen molar-refractivity contribution in [2.75, 3.05) is 13.1 Å². The van der Waals surface area contributed by atoms with E-state index in [0.29, 0.717) is 6.10 Å². The fourth-order valence-corrected chi connectivity index (χ4v) is 1.69. The molecular formula is C11H18Cl2N2O. The van der Waals surface area contributed by atoms with Gasteiger partial charge >= 0.3 is 0 Å². The van der Waals surface area contributed by atoms with Crippen LogP contribution in [0.1, 0.15) is 18.4 Å². The van der Waals surface area contributed by atoms with Crippen LogP contribution in [-0.2, 0) is 0 Å². The zero-order valence-electron chi connectivity index (χ0n) is 9.31. The van der Waals surface area contributed by atoms with Crippen molar-refractivity contribution in [2.24, 2.45) is 0 Å². The molecule has 1 aromatic rings. The zero-order chi connectivity index (χ0) is 9.80. The first-order valence-corrected chi connectivity index (χ1v) is 5.14. The Balaban J connectivity index is 0.00000112. The molecule has 0 radical (unpaired) electrons. The van der Waals surface area contributed by atoms with E-state index in [9.17, 15) is 0 Å². The predicted molar refractivity (Wildman–Crippen MR) is 70.0 cm³/mol. The van der Waals surface area contributed by atoms with E-state index in [0.717, 1.165) is 30.8 Å². The number of ether oxygens (including phenoxy) is 1. The number of piperidine rings is 1. The van der Waals surface area contributed by atoms with Crippen molar-refractivity contribution in [1.29, 1.82) is 0 Å². The standard InChI is InChI=1S/C11H16N2O.2ClH/c1-9-7-13-6-4-11(9)14-10-3-2-5-12-8-10;;/h4,6-7,10,12H,2-3,5,8H2,1H3;2*1H. The summed E-state index contributed by atoms with van der Waals surface area (Å²) in [5.41, 5.74) is 1.11. The second-order valence-corrected chi connectivity index (χ2v) is 3.73. The molecule has 1 aliphatic rings. The van der Waals surface area contributed by atoms with E-state index < -0.39 is 0 Å². The van der Waals surface area contributed by atoms with Gasteiger partial charge in [0.05, 0.1) is 0 Å². The third kappa shape index (κ3) is 4.16. The van der Waals surface area contributed by atoms with Crippen molar-refractivity contribution in [3.8, 4) is 5.75 Å². The van der Waals surface area contributed by atoms with E-state index in [-0.39, 0.29) is 24.8 Å². The highest BCUT2D eigenvalue weighted by Gasteiger charge is 2.14. The average molecular weight is 265 g/mol. The average Bonchev–Trinajstić information content (AvgIpc) is 2.23. The van der Waals surface area contributed by atoms with Crippen LogP contribution in [0.5, 0.6) is 5.75 Å². The van der Waals surface area contributed by atoms with Gasteiger partial charge in [-0.05, 0) is 32.4 Å². The summed E-state index contributed by atoms with van der Waals surface area (Å²) in [6.45, 7) is 4.11. The summed E-state index contributed by atoms with van der Waals surface area (Å²) in [6, 6.07) is 1.93. The highest BCUT2D eigenvalue weighted by molar-refractivity contribution is 5.85. The van der Waals surface area contributed by atoms with Gasteiger partial charge in [-0.25, -0.2) is 0 Å². The molecule has 3 nitrogen and oxygen atoms in total. The predicted octanol–water partition coefficient (Wildman–Crippen LogP) is 2.36. The highest BCUT2D eigenvalue weighted by Crippen LogP contribution is 2.18. The molecule has 0 aliphatic carbocycles. The molecule has 1 unspecified atom stereocenters. The Hall–Kier alpha value is -0.510. The van der Waals surface area contributed by atoms with Crippen molar-refractivity contribution in [2.45, 2.75) is 25.9 Å². The van der Waals surface area contributed by atoms with Gasteiger partial charge in [0, 0.05) is 24.5 Å². The van der Waals surface area contributed by atoms with Crippen molar-refractivity contribution in [1.82, 2.24) is 10.3 Å². The third-order valence-electron chi connectivity index (χ3n) is 2.51. The summed E-state index contributed by atoms with van der Waals surface area (Å²) in [6.07, 6.45) is 6.29. The Bertz CT molecular complexity index is 304. The van der Waals surface area contributed by atoms with Crippen LogP contribution in [0.4, 0.5) is 0 Å². The number of nitrogens with one attached hydrogen (secondary N) is 1. The SMILES string of the molecule is Cc1cnccc1OC1CCCNC1.Cl.Cl. The normalized spacial score (nSPS) is 19.2. The number of pyridine rings is 1. The van der Waals surface area contributed by atoms with Gasteiger partial charge in [-0.2, -0.15) is 0 Å². The van der Waals surface area contributed by atoms with E-state index in [1.165, 1.54) is 6.42 Å². The summed E-state index contributed by atoms with van der Waals surface area (Å²) in [5, 5.41) is 3.33. The van der Waals surface area contributed by atoms with Crippen LogP contribution >= 0.6 is 24.8 Å². The van der Waals surface area contributed by atoms with Gasteiger partial charge in [0.15, 0.2) is 0 Å². The van der Waals surface area contributed by atoms with E-state index >= 15 is 0 Å². The quantitative estimate of drug-likeness (QED) is 0.891. The Morgan fingerprint density at radius 2 is 2.25 bits per heavy atom. The minimum atomic E-state index is 0. The molecule has 0 spiro atoms. The van der Waals surface area contributed by atoms with Crippen LogP contribution in [-0.4, -0.2) is 24.2 Å². The topological polar surface area (TPSA) is 34.1 Å². The molecule has 1 aliphatic heterocycles. The maximum atomic E-state index is 5.88. The summed E-state index contributed by atoms with van der Waals surface area (Å²) in [4.78, 5) is 4.04. The second kappa shape index (κ2) is 7.71. The lowest BCUT2D eigenvalue weighted by Crippen LogP contribution is -2.37. The third-order valence-corrected chi connectivity index (χ3v) is 2.51. The smallest absolute Gasteiger partial charge is 0.125 e. The molecule has 0 saturated carbocycles. The minimum Gasteiger partial charge on any atom is -0.489 e. The monoisotopic (exact) mass is 264 g/mol. The second-order valence-electron chi connectivity index (χ2n) is 3.73. The molecule has 1 saturated heterocycles. The molecule has 1 atom stereocenters. The number of nitrogens with zero attached hydrogens (tertiary/aromatic N) is 1. The van der Waals surface area contributed by atoms with Gasteiger partial charge in [-0.1, -0.05) is 0 Å². The van der Waals surface area contributed by atoms with Gasteiger partial charge in [0.2, 0.25) is 0 Å². The van der Waals surface area contributed by atoms with Crippen molar-refractivity contribution < 1.29 is 4.74 Å². The molecule has 2 rings (SSSR count). The lowest BCUT2D eigenvalue weighted by atomic mass is 10.1. The molecule has 1 N–H and O–H groups in total. The minimum absolute atomic E-state index is 0. The fourth-order valence-electron chi connectivity index (χ4n) is 1.69. The summed E-state index contributed by atoms with van der Waals surface area (Å²) in [5.74, 6) is 0.966. The molecule has 0 amide bonds. The number of hydrogen-bond acceptors (Lipinski definition) is 3. The lowest BCUT2D eigenvalue weighted by molar-refractivity contribution is 0.166. The van der Waals surface area contributed by atoms with Crippen LogP contribution in [0.15, 0.2) is 18.5 Å². The van der Waals surface area contributed by atoms with E-state index in [1.807, 2.05) is 19.2 Å². The van der Waals surface area contributed by atoms with E-state index in [4.69, 9.17) is 4.74 Å². The Morgan fingerprint density at radius 3 is 2.88 bits per heavy atom. The van der Waals surface area contributed by atoms with Crippen molar-refractivity contribution in [3.05, 3.63) is 24.0 Å². The Morgan fingerprint density at radius 1 is 1.44 bits per heavy atom. The number of aryl methyl sites for hydroxylation is 1. The summed E-state index contributed by atoms with van der Waals surface area (Å²) in [7, 11) is 0. The Labute approximate surface area is 109 Å². The maximum absolute atomic E-state index is 5.88. The zero-order valence-corrected chi connectivity index (χ0v) is 10.9. The van der Waals surface area contributed by atoms with Gasteiger partial charge in [0.1, 0.15) is 11.9 Å². The Kier molecular flexibility index (Phi) is 7.47. The van der Waals surface area contributed by atoms with E-state index in [1.54, 1.807) is 6.20 Å². The first kappa shape index (κ1) is 15.5. The van der Waals surface area contributed by atoms with Crippen molar-refractivity contribution >= 4 is 24.8 Å². The van der Waals surface area contributed by atoms with Gasteiger partial charge in [0.25, 0.3) is 0 Å². The molecular weight excluding hydrogens is 247 g/mol. The lowest BCUT2D eigenvalue weighted by Gasteiger charge is -2.24. The molecule has 0 bridgehead atoms. The van der Waals surface area contributed by atoms with Crippen LogP contribution in [0, 0.1) is 6.92 Å². The van der Waals surface area contributed by atoms with Crippen LogP contribution in [0.25, 0.3) is 0 Å². The van der Waals surface area contributed by atoms with Crippen LogP contribution < -0.4 is 10.1 Å². The van der Waals surface area contributed by atoms with Crippen LogP contribution in [0.3, 0.4) is 0 Å². The molecule has 0 aromatic carbocycles. The van der Waals surface area contributed by atoms with Crippen molar-refractivity contribution in [3.63, 3.8) is 0 Å². The van der Waals surface area contributed by atoms with Gasteiger partial charge in [-0.3, -0.25) is 4.98 Å². The maximum Gasteiger partial charge on any atom is 0.125 e. The van der Waals surface area contributed by atoms with Crippen LogP contribution in [0.2, 0.25) is 0 Å². The molecule has 1 fully saturated rings. The number of halogens is 2. The fraction of sp³-hybridized carbons (Fsp3) is 0.545. The number of aromatic nitrogens is 1. The van der Waals surface area contributed by atoms with E-state index in [2.05, 4.69) is 10.3 Å². The van der Waals surface area contributed by atoms with Gasteiger partial charge < -0.3 is 10.1 Å². The molecule has 92 valence electrons. The van der Waals surface area contributed by atoms with Gasteiger partial charge in [-0.15, -0.1) is 24.8 Å². The number of hydrogen-bond donors (Lipinski definition) is 1. The first-order chi connectivity index (χ1) is 6.86. The largest absolute Gasteiger partial charge is 0.489 e. The summed E-state index contributed by atoms with van der Waals surface area (Å²) >= 11 is 0. The molecule has 2 heterocycles. The highest BCUT2D eigenvalue weighted by atomic mass is 35.5. The number of rotatable bonds is 2. The first-order valence-electron chi connectivity index (χ1n) is 5.14. The molecule has 1 aromatic heterocycles. The molecule has 5 heteroatoms. The summed E-state index contributed by atoms with van der Waals surface area (Å²) < 4.78 is 5.88. The molecule has 16 heavy (non-hydrogen) atoms.